The molecular formula is C23H23FN2O4S. The summed E-state index contributed by atoms with van der Waals surface area (Å²) in [6.07, 6.45) is 0.613. The average molecular weight is 443 g/mol. The lowest BCUT2D eigenvalue weighted by Crippen LogP contribution is -2.27. The molecule has 6 nitrogen and oxygen atoms in total. The molecule has 2 N–H and O–H groups in total. The average Bonchev–Trinajstić information content (AvgIpc) is 2.76. The summed E-state index contributed by atoms with van der Waals surface area (Å²) in [6, 6.07) is 17.2. The van der Waals surface area contributed by atoms with Gasteiger partial charge in [-0.25, -0.2) is 12.8 Å². The number of hydrogen-bond donors (Lipinski definition) is 2. The third-order valence-electron chi connectivity index (χ3n) is 4.74. The molecule has 3 aromatic rings. The molecule has 0 fully saturated rings. The molecule has 0 saturated heterocycles. The minimum Gasteiger partial charge on any atom is -0.497 e. The quantitative estimate of drug-likeness (QED) is 0.554. The molecule has 0 bridgehead atoms. The Morgan fingerprint density at radius 2 is 1.74 bits per heavy atom. The Kier molecular flexibility index (Phi) is 6.91. The van der Waals surface area contributed by atoms with E-state index in [1.165, 1.54) is 30.3 Å². The number of benzene rings is 3. The minimum atomic E-state index is -4.06. The lowest BCUT2D eigenvalue weighted by molar-refractivity contribution is 0.0953. The second-order valence-corrected chi connectivity index (χ2v) is 8.60. The Labute approximate surface area is 181 Å². The van der Waals surface area contributed by atoms with Crippen molar-refractivity contribution in [3.63, 3.8) is 0 Å². The lowest BCUT2D eigenvalue weighted by atomic mass is 10.1. The predicted octanol–water partition coefficient (Wildman–Crippen LogP) is 3.92. The van der Waals surface area contributed by atoms with Crippen LogP contribution in [0.15, 0.2) is 71.6 Å². The number of aryl methyl sites for hydroxylation is 1. The SMILES string of the molecule is COc1ccc(CCNC(=O)c2cc(S(=O)(=O)Nc3ccccc3F)ccc2C)cc1. The zero-order valence-corrected chi connectivity index (χ0v) is 18.0. The lowest BCUT2D eigenvalue weighted by Gasteiger charge is -2.12. The van der Waals surface area contributed by atoms with E-state index in [2.05, 4.69) is 10.0 Å². The smallest absolute Gasteiger partial charge is 0.262 e. The molecule has 3 aromatic carbocycles. The van der Waals surface area contributed by atoms with Crippen molar-refractivity contribution in [3.8, 4) is 5.75 Å². The molecule has 162 valence electrons. The van der Waals surface area contributed by atoms with E-state index in [4.69, 9.17) is 4.74 Å². The summed E-state index contributed by atoms with van der Waals surface area (Å²) in [5.41, 5.74) is 1.75. The van der Waals surface area contributed by atoms with E-state index in [1.807, 2.05) is 24.3 Å². The summed E-state index contributed by atoms with van der Waals surface area (Å²) < 4.78 is 46.5. The molecular weight excluding hydrogens is 419 g/mol. The van der Waals surface area contributed by atoms with Crippen molar-refractivity contribution in [1.82, 2.24) is 5.32 Å². The number of nitrogens with one attached hydrogen (secondary N) is 2. The van der Waals surface area contributed by atoms with Crippen LogP contribution in [0.25, 0.3) is 0 Å². The van der Waals surface area contributed by atoms with Crippen LogP contribution in [0, 0.1) is 12.7 Å². The van der Waals surface area contributed by atoms with E-state index >= 15 is 0 Å². The van der Waals surface area contributed by atoms with Gasteiger partial charge in [0.05, 0.1) is 17.7 Å². The van der Waals surface area contributed by atoms with Gasteiger partial charge in [-0.1, -0.05) is 30.3 Å². The van der Waals surface area contributed by atoms with Gasteiger partial charge in [-0.2, -0.15) is 0 Å². The first kappa shape index (κ1) is 22.3. The van der Waals surface area contributed by atoms with E-state index in [0.29, 0.717) is 18.5 Å². The first-order valence-electron chi connectivity index (χ1n) is 9.59. The maximum atomic E-state index is 13.8. The summed E-state index contributed by atoms with van der Waals surface area (Å²) in [5.74, 6) is -0.311. The largest absolute Gasteiger partial charge is 0.497 e. The van der Waals surface area contributed by atoms with E-state index in [-0.39, 0.29) is 22.1 Å². The fourth-order valence-electron chi connectivity index (χ4n) is 2.97. The number of carbonyl (C=O) groups is 1. The summed E-state index contributed by atoms with van der Waals surface area (Å²) >= 11 is 0. The molecule has 0 spiro atoms. The highest BCUT2D eigenvalue weighted by molar-refractivity contribution is 7.92. The zero-order chi connectivity index (χ0) is 22.4. The van der Waals surface area contributed by atoms with Gasteiger partial charge in [0.15, 0.2) is 0 Å². The molecule has 31 heavy (non-hydrogen) atoms. The number of carbonyl (C=O) groups excluding carboxylic acids is 1. The van der Waals surface area contributed by atoms with E-state index < -0.39 is 15.8 Å². The van der Waals surface area contributed by atoms with Crippen LogP contribution in [0.1, 0.15) is 21.5 Å². The summed E-state index contributed by atoms with van der Waals surface area (Å²) in [6.45, 7) is 2.11. The number of ether oxygens (including phenoxy) is 1. The maximum absolute atomic E-state index is 13.8. The molecule has 0 unspecified atom stereocenters. The number of rotatable bonds is 8. The normalized spacial score (nSPS) is 11.1. The fraction of sp³-hybridized carbons (Fsp3) is 0.174. The highest BCUT2D eigenvalue weighted by atomic mass is 32.2. The first-order valence-corrected chi connectivity index (χ1v) is 11.1. The van der Waals surface area contributed by atoms with Crippen molar-refractivity contribution in [2.45, 2.75) is 18.2 Å². The molecule has 1 amide bonds. The van der Waals surface area contributed by atoms with Crippen molar-refractivity contribution in [1.29, 1.82) is 0 Å². The van der Waals surface area contributed by atoms with Gasteiger partial charge in [0, 0.05) is 12.1 Å². The van der Waals surface area contributed by atoms with Crippen LogP contribution in [0.2, 0.25) is 0 Å². The van der Waals surface area contributed by atoms with Crippen LogP contribution in [-0.4, -0.2) is 28.0 Å². The van der Waals surface area contributed by atoms with E-state index in [1.54, 1.807) is 20.1 Å². The second-order valence-electron chi connectivity index (χ2n) is 6.92. The number of hydrogen-bond acceptors (Lipinski definition) is 4. The Hall–Kier alpha value is -3.39. The summed E-state index contributed by atoms with van der Waals surface area (Å²) in [7, 11) is -2.47. The van der Waals surface area contributed by atoms with E-state index in [0.717, 1.165) is 17.4 Å². The molecule has 0 aliphatic rings. The first-order chi connectivity index (χ1) is 14.8. The molecule has 0 aliphatic carbocycles. The Morgan fingerprint density at radius 3 is 2.42 bits per heavy atom. The molecule has 0 atom stereocenters. The highest BCUT2D eigenvalue weighted by Crippen LogP contribution is 2.21. The fourth-order valence-corrected chi connectivity index (χ4v) is 4.06. The van der Waals surface area contributed by atoms with Crippen LogP contribution in [0.3, 0.4) is 0 Å². The number of halogens is 1. The van der Waals surface area contributed by atoms with Gasteiger partial charge in [0.1, 0.15) is 11.6 Å². The molecule has 0 heterocycles. The topological polar surface area (TPSA) is 84.5 Å². The second kappa shape index (κ2) is 9.61. The summed E-state index contributed by atoms with van der Waals surface area (Å²) in [4.78, 5) is 12.5. The van der Waals surface area contributed by atoms with Crippen LogP contribution >= 0.6 is 0 Å². The van der Waals surface area contributed by atoms with Crippen LogP contribution in [0.4, 0.5) is 10.1 Å². The zero-order valence-electron chi connectivity index (χ0n) is 17.2. The van der Waals surface area contributed by atoms with Gasteiger partial charge in [-0.3, -0.25) is 9.52 Å². The standard InChI is InChI=1S/C23H23FN2O4S/c1-16-7-12-19(31(28,29)26-22-6-4-3-5-21(22)24)15-20(16)23(27)25-14-13-17-8-10-18(30-2)11-9-17/h3-12,15,26H,13-14H2,1-2H3,(H,25,27). The summed E-state index contributed by atoms with van der Waals surface area (Å²) in [5, 5.41) is 2.81. The van der Waals surface area contributed by atoms with Gasteiger partial charge < -0.3 is 10.1 Å². The van der Waals surface area contributed by atoms with E-state index in [9.17, 15) is 17.6 Å². The molecule has 0 aliphatic heterocycles. The van der Waals surface area contributed by atoms with Crippen molar-refractivity contribution >= 4 is 21.6 Å². The van der Waals surface area contributed by atoms with Gasteiger partial charge in [0.2, 0.25) is 0 Å². The van der Waals surface area contributed by atoms with Crippen molar-refractivity contribution in [2.24, 2.45) is 0 Å². The maximum Gasteiger partial charge on any atom is 0.262 e. The number of anilines is 1. The predicted molar refractivity (Wildman–Crippen MR) is 117 cm³/mol. The number of para-hydroxylation sites is 1. The number of amides is 1. The Balaban J connectivity index is 1.70. The van der Waals surface area contributed by atoms with Gasteiger partial charge in [-0.05, 0) is 60.9 Å². The van der Waals surface area contributed by atoms with Crippen LogP contribution in [0.5, 0.6) is 5.75 Å². The molecule has 3 rings (SSSR count). The van der Waals surface area contributed by atoms with Gasteiger partial charge in [0.25, 0.3) is 15.9 Å². The minimum absolute atomic E-state index is 0.123. The molecule has 8 heteroatoms. The molecule has 0 saturated carbocycles. The van der Waals surface area contributed by atoms with Crippen LogP contribution < -0.4 is 14.8 Å². The third-order valence-corrected chi connectivity index (χ3v) is 6.10. The van der Waals surface area contributed by atoms with Gasteiger partial charge in [-0.15, -0.1) is 0 Å². The Bertz CT molecular complexity index is 1180. The number of methoxy groups -OCH3 is 1. The third kappa shape index (κ3) is 5.61. The number of sulfonamides is 1. The molecule has 0 radical (unpaired) electrons. The van der Waals surface area contributed by atoms with Crippen LogP contribution in [-0.2, 0) is 16.4 Å². The van der Waals surface area contributed by atoms with Crippen molar-refractivity contribution in [2.75, 3.05) is 18.4 Å². The molecule has 0 aromatic heterocycles. The van der Waals surface area contributed by atoms with Gasteiger partial charge >= 0.3 is 0 Å². The highest BCUT2D eigenvalue weighted by Gasteiger charge is 2.19. The van der Waals surface area contributed by atoms with Crippen molar-refractivity contribution in [3.05, 3.63) is 89.2 Å². The van der Waals surface area contributed by atoms with Crippen molar-refractivity contribution < 1.29 is 22.3 Å². The Morgan fingerprint density at radius 1 is 1.03 bits per heavy atom. The monoisotopic (exact) mass is 442 g/mol.